The van der Waals surface area contributed by atoms with Crippen molar-refractivity contribution in [3.05, 3.63) is 99.1 Å². The first-order valence-corrected chi connectivity index (χ1v) is 11.3. The lowest BCUT2D eigenvalue weighted by molar-refractivity contribution is 0.0970. The second-order valence-corrected chi connectivity index (χ2v) is 8.88. The van der Waals surface area contributed by atoms with Crippen LogP contribution in [0.5, 0.6) is 0 Å². The summed E-state index contributed by atoms with van der Waals surface area (Å²) < 4.78 is 4.29. The minimum absolute atomic E-state index is 0.246. The van der Waals surface area contributed by atoms with Gasteiger partial charge >= 0.3 is 5.69 Å². The average Bonchev–Trinajstić information content (AvgIpc) is 3.44. The molecule has 0 bridgehead atoms. The summed E-state index contributed by atoms with van der Waals surface area (Å²) in [6, 6.07) is 17.0. The maximum Gasteiger partial charge on any atom is 0.333 e. The number of aromatic nitrogens is 5. The molecule has 0 aliphatic heterocycles. The topological polar surface area (TPSA) is 94.7 Å². The Morgan fingerprint density at radius 3 is 2.50 bits per heavy atom. The summed E-state index contributed by atoms with van der Waals surface area (Å²) in [4.78, 5) is 47.8. The highest BCUT2D eigenvalue weighted by atomic mass is 16.2. The third kappa shape index (κ3) is 3.77. The van der Waals surface area contributed by atoms with Crippen LogP contribution in [0.3, 0.4) is 0 Å². The molecule has 8 heteroatoms. The molecule has 8 nitrogen and oxygen atoms in total. The zero-order chi connectivity index (χ0) is 23.8. The number of aromatic amines is 1. The van der Waals surface area contributed by atoms with Gasteiger partial charge in [0.2, 0.25) is 0 Å². The maximum absolute atomic E-state index is 13.5. The van der Waals surface area contributed by atoms with Gasteiger partial charge < -0.3 is 9.55 Å². The highest BCUT2D eigenvalue weighted by Crippen LogP contribution is 2.19. The molecular weight excluding hydrogens is 430 g/mol. The van der Waals surface area contributed by atoms with Crippen molar-refractivity contribution >= 4 is 27.9 Å². The summed E-state index contributed by atoms with van der Waals surface area (Å²) in [7, 11) is 0. The first-order chi connectivity index (χ1) is 16.4. The summed E-state index contributed by atoms with van der Waals surface area (Å²) in [5.74, 6) is -0.0372. The standard InChI is InChI=1S/C26H25N5O3/c1-17(2)13-29-16-28-24-23(29)25(33)31(26(34)30(24)14-18-8-4-3-5-9-18)15-22(32)20-12-27-21-11-7-6-10-19(20)21/h3-12,16-17,27H,13-15H2,1-2H3. The van der Waals surface area contributed by atoms with Gasteiger partial charge in [-0.15, -0.1) is 0 Å². The Bertz CT molecular complexity index is 1620. The van der Waals surface area contributed by atoms with Crippen molar-refractivity contribution in [2.45, 2.75) is 33.5 Å². The largest absolute Gasteiger partial charge is 0.360 e. The Kier molecular flexibility index (Phi) is 5.49. The summed E-state index contributed by atoms with van der Waals surface area (Å²) >= 11 is 0. The van der Waals surface area contributed by atoms with Gasteiger partial charge in [-0.1, -0.05) is 62.4 Å². The summed E-state index contributed by atoms with van der Waals surface area (Å²) in [6.07, 6.45) is 3.22. The van der Waals surface area contributed by atoms with Crippen LogP contribution in [-0.4, -0.2) is 29.5 Å². The molecule has 0 spiro atoms. The number of Topliss-reactive ketones (excluding diaryl/α,β-unsaturated/α-hetero) is 1. The van der Waals surface area contributed by atoms with Crippen LogP contribution in [0, 0.1) is 5.92 Å². The van der Waals surface area contributed by atoms with Crippen molar-refractivity contribution in [2.75, 3.05) is 0 Å². The third-order valence-corrected chi connectivity index (χ3v) is 5.92. The van der Waals surface area contributed by atoms with Crippen LogP contribution in [0.15, 0.2) is 76.7 Å². The molecule has 5 rings (SSSR count). The van der Waals surface area contributed by atoms with E-state index in [9.17, 15) is 14.4 Å². The van der Waals surface area contributed by atoms with E-state index in [2.05, 4.69) is 9.97 Å². The van der Waals surface area contributed by atoms with Gasteiger partial charge in [-0.2, -0.15) is 0 Å². The molecule has 0 radical (unpaired) electrons. The Hall–Kier alpha value is -4.20. The third-order valence-electron chi connectivity index (χ3n) is 5.92. The Labute approximate surface area is 195 Å². The second kappa shape index (κ2) is 8.62. The molecular formula is C26H25N5O3. The van der Waals surface area contributed by atoms with Crippen LogP contribution in [-0.2, 0) is 19.6 Å². The van der Waals surface area contributed by atoms with Gasteiger partial charge in [0.15, 0.2) is 16.9 Å². The lowest BCUT2D eigenvalue weighted by Crippen LogP contribution is -2.42. The Balaban J connectivity index is 1.66. The number of hydrogen-bond acceptors (Lipinski definition) is 4. The zero-order valence-corrected chi connectivity index (χ0v) is 19.1. The van der Waals surface area contributed by atoms with Gasteiger partial charge in [-0.25, -0.2) is 9.78 Å². The minimum Gasteiger partial charge on any atom is -0.360 e. The fourth-order valence-corrected chi connectivity index (χ4v) is 4.35. The van der Waals surface area contributed by atoms with E-state index in [0.717, 1.165) is 21.0 Å². The molecule has 3 heterocycles. The lowest BCUT2D eigenvalue weighted by atomic mass is 10.1. The number of imidazole rings is 1. The number of nitrogens with one attached hydrogen (secondary N) is 1. The van der Waals surface area contributed by atoms with Gasteiger partial charge in [0.1, 0.15) is 0 Å². The van der Waals surface area contributed by atoms with Crippen LogP contribution in [0.25, 0.3) is 22.1 Å². The van der Waals surface area contributed by atoms with E-state index in [0.29, 0.717) is 23.3 Å². The Morgan fingerprint density at radius 2 is 1.74 bits per heavy atom. The number of benzene rings is 2. The zero-order valence-electron chi connectivity index (χ0n) is 19.1. The number of H-pyrrole nitrogens is 1. The van der Waals surface area contributed by atoms with E-state index in [-0.39, 0.29) is 24.8 Å². The molecule has 2 aromatic carbocycles. The van der Waals surface area contributed by atoms with E-state index in [1.165, 1.54) is 4.57 Å². The number of carbonyl (C=O) groups excluding carboxylic acids is 1. The van der Waals surface area contributed by atoms with E-state index >= 15 is 0 Å². The Morgan fingerprint density at radius 1 is 1.00 bits per heavy atom. The fraction of sp³-hybridized carbons (Fsp3) is 0.231. The first-order valence-electron chi connectivity index (χ1n) is 11.3. The summed E-state index contributed by atoms with van der Waals surface area (Å²) in [5.41, 5.74) is 1.78. The SMILES string of the molecule is CC(C)Cn1cnc2c1c(=O)n(CC(=O)c1c[nH]c3ccccc13)c(=O)n2Cc1ccccc1. The van der Waals surface area contributed by atoms with Crippen molar-refractivity contribution < 1.29 is 4.79 Å². The van der Waals surface area contributed by atoms with Crippen molar-refractivity contribution in [3.63, 3.8) is 0 Å². The van der Waals surface area contributed by atoms with E-state index in [4.69, 9.17) is 0 Å². The van der Waals surface area contributed by atoms with Gasteiger partial charge in [0.05, 0.1) is 19.4 Å². The number of ketones is 1. The highest BCUT2D eigenvalue weighted by molar-refractivity contribution is 6.07. The molecule has 1 N–H and O–H groups in total. The molecule has 0 aliphatic carbocycles. The minimum atomic E-state index is -0.552. The van der Waals surface area contributed by atoms with Crippen molar-refractivity contribution in [3.8, 4) is 0 Å². The molecule has 0 atom stereocenters. The molecule has 0 saturated heterocycles. The highest BCUT2D eigenvalue weighted by Gasteiger charge is 2.21. The summed E-state index contributed by atoms with van der Waals surface area (Å²) in [5, 5.41) is 0.760. The quantitative estimate of drug-likeness (QED) is 0.381. The van der Waals surface area contributed by atoms with Gasteiger partial charge in [-0.05, 0) is 17.5 Å². The van der Waals surface area contributed by atoms with Crippen LogP contribution in [0.1, 0.15) is 29.8 Å². The second-order valence-electron chi connectivity index (χ2n) is 8.88. The first kappa shape index (κ1) is 21.6. The summed E-state index contributed by atoms with van der Waals surface area (Å²) in [6.45, 7) is 4.56. The van der Waals surface area contributed by atoms with Crippen LogP contribution in [0.4, 0.5) is 0 Å². The van der Waals surface area contributed by atoms with Crippen LogP contribution < -0.4 is 11.2 Å². The average molecular weight is 456 g/mol. The lowest BCUT2D eigenvalue weighted by Gasteiger charge is -2.13. The number of para-hydroxylation sites is 1. The monoisotopic (exact) mass is 455 g/mol. The smallest absolute Gasteiger partial charge is 0.333 e. The number of hydrogen-bond donors (Lipinski definition) is 1. The molecule has 172 valence electrons. The number of nitrogens with zero attached hydrogens (tertiary/aromatic N) is 4. The molecule has 5 aromatic rings. The number of carbonyl (C=O) groups is 1. The molecule has 0 unspecified atom stereocenters. The number of rotatable bonds is 7. The molecule has 0 saturated carbocycles. The molecule has 3 aromatic heterocycles. The van der Waals surface area contributed by atoms with E-state index < -0.39 is 11.2 Å². The predicted octanol–water partition coefficient (Wildman–Crippen LogP) is 3.43. The van der Waals surface area contributed by atoms with Gasteiger partial charge in [-0.3, -0.25) is 18.7 Å². The van der Waals surface area contributed by atoms with Crippen molar-refractivity contribution in [1.29, 1.82) is 0 Å². The van der Waals surface area contributed by atoms with Gasteiger partial charge in [0, 0.05) is 29.2 Å². The maximum atomic E-state index is 13.5. The van der Waals surface area contributed by atoms with Crippen molar-refractivity contribution in [2.24, 2.45) is 5.92 Å². The fourth-order valence-electron chi connectivity index (χ4n) is 4.35. The number of fused-ring (bicyclic) bond motifs is 2. The predicted molar refractivity (Wildman–Crippen MR) is 131 cm³/mol. The van der Waals surface area contributed by atoms with E-state index in [1.54, 1.807) is 17.1 Å². The molecule has 0 fully saturated rings. The van der Waals surface area contributed by atoms with Gasteiger partial charge in [0.25, 0.3) is 5.56 Å². The normalized spacial score (nSPS) is 11.6. The molecule has 0 amide bonds. The van der Waals surface area contributed by atoms with Crippen molar-refractivity contribution in [1.82, 2.24) is 23.7 Å². The van der Waals surface area contributed by atoms with Crippen LogP contribution >= 0.6 is 0 Å². The van der Waals surface area contributed by atoms with Crippen LogP contribution in [0.2, 0.25) is 0 Å². The molecule has 34 heavy (non-hydrogen) atoms. The van der Waals surface area contributed by atoms with E-state index in [1.807, 2.05) is 68.4 Å². The molecule has 0 aliphatic rings.